The predicted molar refractivity (Wildman–Crippen MR) is 39.0 cm³/mol. The summed E-state index contributed by atoms with van der Waals surface area (Å²) in [6, 6.07) is 0. The van der Waals surface area contributed by atoms with E-state index in [1.807, 2.05) is 6.92 Å². The van der Waals surface area contributed by atoms with Crippen LogP contribution in [0.25, 0.3) is 0 Å². The van der Waals surface area contributed by atoms with Crippen molar-refractivity contribution in [2.45, 2.75) is 46.3 Å². The van der Waals surface area contributed by atoms with E-state index >= 15 is 0 Å². The molecule has 0 aliphatic heterocycles. The van der Waals surface area contributed by atoms with Crippen LogP contribution in [0.4, 0.5) is 0 Å². The Balaban J connectivity index is 4.19. The van der Waals surface area contributed by atoms with Crippen molar-refractivity contribution >= 4 is 0 Å². The van der Waals surface area contributed by atoms with Gasteiger partial charge in [-0.3, -0.25) is 0 Å². The van der Waals surface area contributed by atoms with Gasteiger partial charge >= 0.3 is 0 Å². The quantitative estimate of drug-likeness (QED) is 0.533. The van der Waals surface area contributed by atoms with Crippen molar-refractivity contribution in [1.82, 2.24) is 0 Å². The van der Waals surface area contributed by atoms with Crippen molar-refractivity contribution in [3.8, 4) is 0 Å². The van der Waals surface area contributed by atoms with Crippen molar-refractivity contribution in [3.63, 3.8) is 0 Å². The molecule has 0 aliphatic rings. The Morgan fingerprint density at radius 3 is 3.12 bits per heavy atom. The molecule has 0 saturated heterocycles. The fourth-order valence-corrected chi connectivity index (χ4v) is 0.534. The zero-order valence-electron chi connectivity index (χ0n) is 10.5. The molecule has 8 heavy (non-hydrogen) atoms. The zero-order chi connectivity index (χ0) is 10.5. The van der Waals surface area contributed by atoms with Crippen LogP contribution in [0.1, 0.15) is 53.2 Å². The van der Waals surface area contributed by atoms with Crippen molar-refractivity contribution in [2.24, 2.45) is 5.92 Å². The van der Waals surface area contributed by atoms with E-state index in [2.05, 4.69) is 0 Å². The van der Waals surface area contributed by atoms with Gasteiger partial charge in [-0.15, -0.1) is 0 Å². The maximum atomic E-state index is 7.49. The maximum Gasteiger partial charge on any atom is 0.0266 e. The molecule has 0 aromatic heterocycles. The van der Waals surface area contributed by atoms with Crippen LogP contribution in [-0.2, 0) is 0 Å². The number of rotatable bonds is 4. The Labute approximate surface area is 60.3 Å². The largest absolute Gasteiger partial charge is 0.0654 e. The molecule has 0 aliphatic carbocycles. The molecule has 0 N–H and O–H groups in total. The molecular weight excluding hydrogens is 96.1 g/mol. The summed E-state index contributed by atoms with van der Waals surface area (Å²) in [7, 11) is 0. The molecule has 0 heterocycles. The van der Waals surface area contributed by atoms with E-state index in [9.17, 15) is 0 Å². The lowest BCUT2D eigenvalue weighted by atomic mass is 10.0. The minimum atomic E-state index is -1.84. The van der Waals surface area contributed by atoms with Crippen LogP contribution in [0.5, 0.6) is 0 Å². The molecule has 50 valence electrons. The number of unbranched alkanes of at least 4 members (excludes halogenated alkanes) is 1. The summed E-state index contributed by atoms with van der Waals surface area (Å²) >= 11 is 0. The minimum Gasteiger partial charge on any atom is -0.0654 e. The molecule has 1 atom stereocenters. The summed E-state index contributed by atoms with van der Waals surface area (Å²) in [6.07, 6.45) is 0.612. The van der Waals surface area contributed by atoms with E-state index in [4.69, 9.17) is 6.85 Å². The highest BCUT2D eigenvalue weighted by atomic mass is 14.0. The fraction of sp³-hybridized carbons (Fsp3) is 1.00. The summed E-state index contributed by atoms with van der Waals surface area (Å²) in [6.45, 7) is 0.496. The summed E-state index contributed by atoms with van der Waals surface area (Å²) in [5, 5.41) is 0. The van der Waals surface area contributed by atoms with Crippen LogP contribution in [0.15, 0.2) is 0 Å². The van der Waals surface area contributed by atoms with E-state index in [1.165, 1.54) is 0 Å². The molecule has 0 rings (SSSR count). The maximum absolute atomic E-state index is 7.49. The summed E-state index contributed by atoms with van der Waals surface area (Å²) in [5.74, 6) is -0.465. The van der Waals surface area contributed by atoms with E-state index in [0.717, 1.165) is 12.8 Å². The van der Waals surface area contributed by atoms with Crippen molar-refractivity contribution in [3.05, 3.63) is 0 Å². The number of hydrogen-bond acceptors (Lipinski definition) is 0. The van der Waals surface area contributed by atoms with E-state index < -0.39 is 19.2 Å². The third kappa shape index (κ3) is 4.17. The Bertz CT molecular complexity index is 134. The molecular formula is C8H18. The highest BCUT2D eigenvalue weighted by Gasteiger charge is 1.94. The molecule has 0 spiro atoms. The summed E-state index contributed by atoms with van der Waals surface area (Å²) < 4.78 is 36.3. The van der Waals surface area contributed by atoms with Crippen LogP contribution in [-0.4, -0.2) is 0 Å². The van der Waals surface area contributed by atoms with Gasteiger partial charge in [0.2, 0.25) is 0 Å². The second kappa shape index (κ2) is 5.14. The first kappa shape index (κ1) is 2.72. The summed E-state index contributed by atoms with van der Waals surface area (Å²) in [4.78, 5) is 0. The van der Waals surface area contributed by atoms with Crippen molar-refractivity contribution in [2.75, 3.05) is 0 Å². The van der Waals surface area contributed by atoms with Gasteiger partial charge < -0.3 is 0 Å². The lowest BCUT2D eigenvalue weighted by Crippen LogP contribution is -1.89. The smallest absolute Gasteiger partial charge is 0.0266 e. The van der Waals surface area contributed by atoms with Gasteiger partial charge in [0.05, 0.1) is 0 Å². The topological polar surface area (TPSA) is 0 Å². The predicted octanol–water partition coefficient (Wildman–Crippen LogP) is 3.22. The Morgan fingerprint density at radius 2 is 2.62 bits per heavy atom. The second-order valence-corrected chi connectivity index (χ2v) is 2.01. The normalized spacial score (nSPS) is 25.0. The van der Waals surface area contributed by atoms with E-state index in [1.54, 1.807) is 0 Å². The first-order chi connectivity index (χ1) is 5.96. The second-order valence-electron chi connectivity index (χ2n) is 2.01. The van der Waals surface area contributed by atoms with Crippen LogP contribution in [0.3, 0.4) is 0 Å². The average molecular weight is 119 g/mol. The Kier molecular flexibility index (Phi) is 1.75. The van der Waals surface area contributed by atoms with Crippen molar-refractivity contribution < 1.29 is 6.85 Å². The zero-order valence-corrected chi connectivity index (χ0v) is 5.48. The molecule has 0 radical (unpaired) electrons. The van der Waals surface area contributed by atoms with E-state index in [-0.39, 0.29) is 6.90 Å². The average Bonchev–Trinajstić information content (AvgIpc) is 2.05. The molecule has 0 fully saturated rings. The minimum absolute atomic E-state index is 0.0265. The van der Waals surface area contributed by atoms with Gasteiger partial charge in [-0.1, -0.05) is 46.3 Å². The first-order valence-electron chi connectivity index (χ1n) is 5.96. The standard InChI is InChI=1S/C8H18/c1-4-6-7-8(3)5-2/h8H,4-7H2,1-3H3/i2D2,3D,5D2. The van der Waals surface area contributed by atoms with Gasteiger partial charge in [0.15, 0.2) is 0 Å². The highest BCUT2D eigenvalue weighted by Crippen LogP contribution is 2.09. The summed E-state index contributed by atoms with van der Waals surface area (Å²) in [5.41, 5.74) is 0. The van der Waals surface area contributed by atoms with E-state index in [0.29, 0.717) is 6.42 Å². The van der Waals surface area contributed by atoms with Crippen LogP contribution < -0.4 is 0 Å². The Morgan fingerprint density at radius 1 is 1.75 bits per heavy atom. The highest BCUT2D eigenvalue weighted by molar-refractivity contribution is 4.47. The van der Waals surface area contributed by atoms with Gasteiger partial charge in [0, 0.05) is 6.85 Å². The fourth-order valence-electron chi connectivity index (χ4n) is 0.534. The SMILES string of the molecule is [2H]CC(CCCC)C([2H])([2H])C([2H])[2H]. The molecule has 0 heteroatoms. The molecule has 1 unspecified atom stereocenters. The molecule has 0 amide bonds. The number of hydrogen-bond donors (Lipinski definition) is 0. The van der Waals surface area contributed by atoms with Gasteiger partial charge in [-0.05, 0) is 5.92 Å². The monoisotopic (exact) mass is 119 g/mol. The third-order valence-electron chi connectivity index (χ3n) is 1.14. The van der Waals surface area contributed by atoms with Crippen molar-refractivity contribution in [1.29, 1.82) is 0 Å². The van der Waals surface area contributed by atoms with Gasteiger partial charge in [0.25, 0.3) is 0 Å². The third-order valence-corrected chi connectivity index (χ3v) is 1.14. The van der Waals surface area contributed by atoms with Crippen LogP contribution in [0.2, 0.25) is 0 Å². The molecule has 0 nitrogen and oxygen atoms in total. The molecule has 0 aromatic rings. The van der Waals surface area contributed by atoms with Gasteiger partial charge in [0.1, 0.15) is 0 Å². The lowest BCUT2D eigenvalue weighted by Gasteiger charge is -2.04. The van der Waals surface area contributed by atoms with Gasteiger partial charge in [-0.2, -0.15) is 0 Å². The molecule has 0 aromatic carbocycles. The molecule has 0 saturated carbocycles. The molecule has 0 bridgehead atoms. The van der Waals surface area contributed by atoms with Crippen LogP contribution in [0, 0.1) is 5.92 Å². The lowest BCUT2D eigenvalue weighted by molar-refractivity contribution is 0.492. The Hall–Kier alpha value is 0. The van der Waals surface area contributed by atoms with Gasteiger partial charge in [-0.25, -0.2) is 0 Å². The van der Waals surface area contributed by atoms with Crippen LogP contribution >= 0.6 is 0 Å². The first-order valence-corrected chi connectivity index (χ1v) is 3.10.